The minimum absolute atomic E-state index is 0.496. The molecule has 0 aliphatic rings. The lowest BCUT2D eigenvalue weighted by Gasteiger charge is -2.18. The highest BCUT2D eigenvalue weighted by molar-refractivity contribution is 9.10. The Kier molecular flexibility index (Phi) is 2.35. The highest BCUT2D eigenvalue weighted by Crippen LogP contribution is 2.19. The summed E-state index contributed by atoms with van der Waals surface area (Å²) in [5, 5.41) is 0. The number of hydrogen-bond donors (Lipinski definition) is 1. The van der Waals surface area contributed by atoms with Gasteiger partial charge in [-0.3, -0.25) is 0 Å². The maximum Gasteiger partial charge on any atom is 0.0382 e. The second-order valence-corrected chi connectivity index (χ2v) is 3.84. The number of rotatable bonds is 1. The van der Waals surface area contributed by atoms with E-state index in [4.69, 9.17) is 5.73 Å². The molecule has 0 aliphatic heterocycles. The first kappa shape index (κ1) is 8.75. The Bertz CT molecular complexity index is 250. The molecule has 1 nitrogen and oxygen atoms in total. The van der Waals surface area contributed by atoms with E-state index in [-0.39, 0.29) is 0 Å². The lowest BCUT2D eigenvalue weighted by Crippen LogP contribution is -2.28. The van der Waals surface area contributed by atoms with E-state index in [1.165, 1.54) is 0 Å². The molecular formula is C9H11BrN. The van der Waals surface area contributed by atoms with Gasteiger partial charge in [0.15, 0.2) is 0 Å². The maximum absolute atomic E-state index is 5.79. The Morgan fingerprint density at radius 1 is 1.55 bits per heavy atom. The highest BCUT2D eigenvalue weighted by Gasteiger charge is 2.13. The van der Waals surface area contributed by atoms with Gasteiger partial charge in [0.2, 0.25) is 0 Å². The Morgan fingerprint density at radius 3 is 2.55 bits per heavy atom. The van der Waals surface area contributed by atoms with E-state index >= 15 is 0 Å². The average molecular weight is 213 g/mol. The summed E-state index contributed by atoms with van der Waals surface area (Å²) in [6, 6.07) is 7.87. The van der Waals surface area contributed by atoms with Crippen LogP contribution in [0.5, 0.6) is 0 Å². The first-order chi connectivity index (χ1) is 5.00. The summed E-state index contributed by atoms with van der Waals surface area (Å²) in [7, 11) is 0. The first-order valence-electron chi connectivity index (χ1n) is 3.40. The monoisotopic (exact) mass is 212 g/mol. The number of nitrogens with two attached hydrogens (primary N) is 1. The third-order valence-electron chi connectivity index (χ3n) is 1.48. The quantitative estimate of drug-likeness (QED) is 0.761. The molecule has 0 bridgehead atoms. The Balaban J connectivity index is 3.06. The van der Waals surface area contributed by atoms with Gasteiger partial charge in [0, 0.05) is 10.0 Å². The summed E-state index contributed by atoms with van der Waals surface area (Å²) >= 11 is 3.37. The summed E-state index contributed by atoms with van der Waals surface area (Å²) < 4.78 is 1.04. The molecule has 0 aliphatic carbocycles. The second kappa shape index (κ2) is 2.95. The molecule has 1 radical (unpaired) electrons. The van der Waals surface area contributed by atoms with Crippen molar-refractivity contribution in [1.29, 1.82) is 0 Å². The standard InChI is InChI=1S/C9H11BrN/c1-9(2,11)7-4-3-5-8(10)6-7/h3-6H,1,11H2,2H3/t9-/m1/s1. The molecule has 11 heavy (non-hydrogen) atoms. The van der Waals surface area contributed by atoms with Gasteiger partial charge in [-0.15, -0.1) is 0 Å². The normalized spacial score (nSPS) is 11.6. The predicted octanol–water partition coefficient (Wildman–Crippen LogP) is 2.46. The topological polar surface area (TPSA) is 26.0 Å². The van der Waals surface area contributed by atoms with Crippen molar-refractivity contribution in [3.63, 3.8) is 0 Å². The number of hydrogen-bond acceptors (Lipinski definition) is 1. The van der Waals surface area contributed by atoms with Gasteiger partial charge in [-0.05, 0) is 31.5 Å². The number of benzene rings is 1. The molecule has 1 aromatic carbocycles. The fourth-order valence-electron chi connectivity index (χ4n) is 0.844. The van der Waals surface area contributed by atoms with E-state index in [0.29, 0.717) is 0 Å². The SMILES string of the molecule is [CH2][C@](C)(N)c1cccc(Br)c1. The Morgan fingerprint density at radius 2 is 2.18 bits per heavy atom. The molecule has 0 heterocycles. The molecule has 0 fully saturated rings. The summed E-state index contributed by atoms with van der Waals surface area (Å²) in [5.74, 6) is 0. The molecular weight excluding hydrogens is 202 g/mol. The van der Waals surface area contributed by atoms with Gasteiger partial charge in [0.05, 0.1) is 0 Å². The number of halogens is 1. The largest absolute Gasteiger partial charge is 0.322 e. The van der Waals surface area contributed by atoms with E-state index in [0.717, 1.165) is 10.0 Å². The van der Waals surface area contributed by atoms with Crippen LogP contribution in [0.1, 0.15) is 12.5 Å². The van der Waals surface area contributed by atoms with Crippen molar-refractivity contribution < 1.29 is 0 Å². The minimum Gasteiger partial charge on any atom is -0.322 e. The van der Waals surface area contributed by atoms with Gasteiger partial charge >= 0.3 is 0 Å². The van der Waals surface area contributed by atoms with E-state index in [1.807, 2.05) is 31.2 Å². The molecule has 1 aromatic rings. The third kappa shape index (κ3) is 2.31. The lowest BCUT2D eigenvalue weighted by molar-refractivity contribution is 0.625. The molecule has 0 saturated carbocycles. The molecule has 0 unspecified atom stereocenters. The Hall–Kier alpha value is -0.340. The van der Waals surface area contributed by atoms with Crippen LogP contribution in [0.4, 0.5) is 0 Å². The van der Waals surface area contributed by atoms with Crippen LogP contribution >= 0.6 is 15.9 Å². The zero-order valence-corrected chi connectivity index (χ0v) is 8.06. The summed E-state index contributed by atoms with van der Waals surface area (Å²) in [4.78, 5) is 0. The molecule has 0 spiro atoms. The second-order valence-electron chi connectivity index (χ2n) is 2.93. The van der Waals surface area contributed by atoms with Gasteiger partial charge in [-0.2, -0.15) is 0 Å². The molecule has 59 valence electrons. The van der Waals surface area contributed by atoms with Gasteiger partial charge in [0.1, 0.15) is 0 Å². The van der Waals surface area contributed by atoms with Gasteiger partial charge in [0.25, 0.3) is 0 Å². The van der Waals surface area contributed by atoms with Crippen LogP contribution in [-0.2, 0) is 5.54 Å². The van der Waals surface area contributed by atoms with Crippen LogP contribution < -0.4 is 5.73 Å². The lowest BCUT2D eigenvalue weighted by atomic mass is 9.96. The minimum atomic E-state index is -0.496. The van der Waals surface area contributed by atoms with E-state index < -0.39 is 5.54 Å². The summed E-state index contributed by atoms with van der Waals surface area (Å²) in [6.07, 6.45) is 0. The van der Waals surface area contributed by atoms with Crippen molar-refractivity contribution in [1.82, 2.24) is 0 Å². The molecule has 1 rings (SSSR count). The van der Waals surface area contributed by atoms with Crippen molar-refractivity contribution in [2.24, 2.45) is 5.73 Å². The van der Waals surface area contributed by atoms with Crippen molar-refractivity contribution in [2.45, 2.75) is 12.5 Å². The molecule has 2 N–H and O–H groups in total. The van der Waals surface area contributed by atoms with Crippen LogP contribution in [-0.4, -0.2) is 0 Å². The van der Waals surface area contributed by atoms with Crippen molar-refractivity contribution in [3.05, 3.63) is 41.2 Å². The van der Waals surface area contributed by atoms with Gasteiger partial charge in [-0.25, -0.2) is 0 Å². The van der Waals surface area contributed by atoms with Crippen molar-refractivity contribution in [2.75, 3.05) is 0 Å². The van der Waals surface area contributed by atoms with E-state index in [9.17, 15) is 0 Å². The Labute approximate surface area is 75.7 Å². The fraction of sp³-hybridized carbons (Fsp3) is 0.222. The average Bonchev–Trinajstić information content (AvgIpc) is 1.86. The smallest absolute Gasteiger partial charge is 0.0382 e. The van der Waals surface area contributed by atoms with Crippen LogP contribution in [0.3, 0.4) is 0 Å². The summed E-state index contributed by atoms with van der Waals surface area (Å²) in [5.41, 5.74) is 6.33. The molecule has 0 amide bonds. The molecule has 0 aromatic heterocycles. The molecule has 0 saturated heterocycles. The van der Waals surface area contributed by atoms with Crippen molar-refractivity contribution in [3.8, 4) is 0 Å². The van der Waals surface area contributed by atoms with Crippen LogP contribution in [0, 0.1) is 6.92 Å². The molecule has 2 heteroatoms. The van der Waals surface area contributed by atoms with Crippen LogP contribution in [0.25, 0.3) is 0 Å². The third-order valence-corrected chi connectivity index (χ3v) is 1.98. The van der Waals surface area contributed by atoms with Crippen LogP contribution in [0.15, 0.2) is 28.7 Å². The zero-order valence-electron chi connectivity index (χ0n) is 6.47. The van der Waals surface area contributed by atoms with Gasteiger partial charge < -0.3 is 5.73 Å². The van der Waals surface area contributed by atoms with Crippen molar-refractivity contribution >= 4 is 15.9 Å². The van der Waals surface area contributed by atoms with Crippen LogP contribution in [0.2, 0.25) is 0 Å². The zero-order chi connectivity index (χ0) is 8.48. The predicted molar refractivity (Wildman–Crippen MR) is 51.0 cm³/mol. The molecule has 1 atom stereocenters. The van der Waals surface area contributed by atoms with Gasteiger partial charge in [-0.1, -0.05) is 28.1 Å². The fourth-order valence-corrected chi connectivity index (χ4v) is 1.24. The first-order valence-corrected chi connectivity index (χ1v) is 4.20. The summed E-state index contributed by atoms with van der Waals surface area (Å²) in [6.45, 7) is 5.72. The van der Waals surface area contributed by atoms with E-state index in [2.05, 4.69) is 22.9 Å². The van der Waals surface area contributed by atoms with E-state index in [1.54, 1.807) is 0 Å². The highest BCUT2D eigenvalue weighted by atomic mass is 79.9. The maximum atomic E-state index is 5.79.